The number of phenolic OH excluding ortho intramolecular Hbond substituents is 1. The molecule has 0 aromatic heterocycles. The third kappa shape index (κ3) is 2.36. The maximum Gasteiger partial charge on any atom is 0.162 e. The molecule has 1 aromatic rings. The van der Waals surface area contributed by atoms with E-state index in [4.69, 9.17) is 4.74 Å². The van der Waals surface area contributed by atoms with Crippen molar-refractivity contribution >= 4 is 12.4 Å². The molecule has 0 radical (unpaired) electrons. The molecule has 0 unspecified atom stereocenters. The van der Waals surface area contributed by atoms with Crippen LogP contribution in [0.4, 0.5) is 0 Å². The molecular formula is C11H16ClNO2. The molecule has 1 fully saturated rings. The van der Waals surface area contributed by atoms with Crippen LogP contribution in [0, 0.1) is 0 Å². The van der Waals surface area contributed by atoms with Crippen LogP contribution < -0.4 is 10.1 Å². The summed E-state index contributed by atoms with van der Waals surface area (Å²) >= 11 is 0. The van der Waals surface area contributed by atoms with Crippen molar-refractivity contribution in [2.75, 3.05) is 13.7 Å². The predicted octanol–water partition coefficient (Wildman–Crippen LogP) is 2.25. The van der Waals surface area contributed by atoms with Gasteiger partial charge in [0.2, 0.25) is 0 Å². The van der Waals surface area contributed by atoms with Gasteiger partial charge in [0, 0.05) is 11.6 Å². The van der Waals surface area contributed by atoms with Crippen LogP contribution in [-0.2, 0) is 0 Å². The van der Waals surface area contributed by atoms with Gasteiger partial charge in [-0.15, -0.1) is 12.4 Å². The van der Waals surface area contributed by atoms with Gasteiger partial charge in [-0.3, -0.25) is 0 Å². The van der Waals surface area contributed by atoms with E-state index >= 15 is 0 Å². The highest BCUT2D eigenvalue weighted by molar-refractivity contribution is 5.85. The molecule has 1 atom stereocenters. The van der Waals surface area contributed by atoms with Crippen molar-refractivity contribution in [1.29, 1.82) is 0 Å². The highest BCUT2D eigenvalue weighted by Crippen LogP contribution is 2.36. The highest BCUT2D eigenvalue weighted by atomic mass is 35.5. The Morgan fingerprint density at radius 2 is 2.27 bits per heavy atom. The van der Waals surface area contributed by atoms with E-state index in [-0.39, 0.29) is 24.2 Å². The maximum atomic E-state index is 9.88. The number of hydrogen-bond acceptors (Lipinski definition) is 3. The van der Waals surface area contributed by atoms with E-state index in [1.807, 2.05) is 12.1 Å². The zero-order valence-corrected chi connectivity index (χ0v) is 9.51. The predicted molar refractivity (Wildman–Crippen MR) is 61.9 cm³/mol. The lowest BCUT2D eigenvalue weighted by Crippen LogP contribution is -2.13. The summed E-state index contributed by atoms with van der Waals surface area (Å²) in [6.07, 6.45) is 2.25. The van der Waals surface area contributed by atoms with Crippen LogP contribution in [0.5, 0.6) is 11.5 Å². The topological polar surface area (TPSA) is 41.5 Å². The van der Waals surface area contributed by atoms with Crippen LogP contribution in [0.25, 0.3) is 0 Å². The fourth-order valence-electron chi connectivity index (χ4n) is 1.94. The van der Waals surface area contributed by atoms with Crippen LogP contribution in [0.3, 0.4) is 0 Å². The SMILES string of the molecule is COc1cccc([C@H]2CCCN2)c1O.Cl. The fraction of sp³-hybridized carbons (Fsp3) is 0.455. The molecule has 0 amide bonds. The fourth-order valence-corrected chi connectivity index (χ4v) is 1.94. The van der Waals surface area contributed by atoms with Gasteiger partial charge in [-0.05, 0) is 25.5 Å². The van der Waals surface area contributed by atoms with E-state index < -0.39 is 0 Å². The van der Waals surface area contributed by atoms with Crippen molar-refractivity contribution in [3.63, 3.8) is 0 Å². The lowest BCUT2D eigenvalue weighted by Gasteiger charge is -2.14. The monoisotopic (exact) mass is 229 g/mol. The van der Waals surface area contributed by atoms with Gasteiger partial charge in [0.05, 0.1) is 7.11 Å². The van der Waals surface area contributed by atoms with Crippen LogP contribution in [-0.4, -0.2) is 18.8 Å². The van der Waals surface area contributed by atoms with E-state index in [1.54, 1.807) is 13.2 Å². The Labute approximate surface area is 95.9 Å². The second kappa shape index (κ2) is 5.24. The minimum absolute atomic E-state index is 0. The highest BCUT2D eigenvalue weighted by Gasteiger charge is 2.20. The van der Waals surface area contributed by atoms with Gasteiger partial charge in [-0.25, -0.2) is 0 Å². The molecule has 0 bridgehead atoms. The van der Waals surface area contributed by atoms with Gasteiger partial charge in [0.25, 0.3) is 0 Å². The summed E-state index contributed by atoms with van der Waals surface area (Å²) in [6.45, 7) is 1.03. The van der Waals surface area contributed by atoms with Crippen molar-refractivity contribution in [1.82, 2.24) is 5.32 Å². The first-order valence-electron chi connectivity index (χ1n) is 4.92. The minimum Gasteiger partial charge on any atom is -0.504 e. The zero-order chi connectivity index (χ0) is 9.97. The van der Waals surface area contributed by atoms with Gasteiger partial charge >= 0.3 is 0 Å². The molecule has 15 heavy (non-hydrogen) atoms. The molecular weight excluding hydrogens is 214 g/mol. The number of ether oxygens (including phenoxy) is 1. The summed E-state index contributed by atoms with van der Waals surface area (Å²) in [5.41, 5.74) is 0.946. The zero-order valence-electron chi connectivity index (χ0n) is 8.69. The largest absolute Gasteiger partial charge is 0.504 e. The number of para-hydroxylation sites is 1. The van der Waals surface area contributed by atoms with Gasteiger partial charge in [0.15, 0.2) is 11.5 Å². The first-order chi connectivity index (χ1) is 6.83. The van der Waals surface area contributed by atoms with Crippen molar-refractivity contribution in [2.45, 2.75) is 18.9 Å². The Balaban J connectivity index is 0.00000112. The third-order valence-corrected chi connectivity index (χ3v) is 2.69. The number of benzene rings is 1. The molecule has 1 aromatic carbocycles. The molecule has 1 heterocycles. The van der Waals surface area contributed by atoms with E-state index in [0.29, 0.717) is 5.75 Å². The summed E-state index contributed by atoms with van der Waals surface area (Å²) < 4.78 is 5.07. The van der Waals surface area contributed by atoms with Gasteiger partial charge < -0.3 is 15.2 Å². The quantitative estimate of drug-likeness (QED) is 0.818. The Kier molecular flexibility index (Phi) is 4.24. The lowest BCUT2D eigenvalue weighted by molar-refractivity contribution is 0.367. The Morgan fingerprint density at radius 1 is 1.47 bits per heavy atom. The lowest BCUT2D eigenvalue weighted by atomic mass is 10.0. The number of phenols is 1. The summed E-state index contributed by atoms with van der Waals surface area (Å²) in [6, 6.07) is 5.91. The van der Waals surface area contributed by atoms with Crippen LogP contribution >= 0.6 is 12.4 Å². The van der Waals surface area contributed by atoms with Crippen LogP contribution in [0.2, 0.25) is 0 Å². The molecule has 0 aliphatic carbocycles. The number of halogens is 1. The molecule has 0 saturated carbocycles. The molecule has 2 N–H and O–H groups in total. The average Bonchev–Trinajstić information content (AvgIpc) is 2.71. The average molecular weight is 230 g/mol. The van der Waals surface area contributed by atoms with Crippen molar-refractivity contribution < 1.29 is 9.84 Å². The summed E-state index contributed by atoms with van der Waals surface area (Å²) in [5, 5.41) is 13.2. The summed E-state index contributed by atoms with van der Waals surface area (Å²) in [7, 11) is 1.57. The first kappa shape index (κ1) is 12.1. The molecule has 1 aliphatic heterocycles. The van der Waals surface area contributed by atoms with Crippen molar-refractivity contribution in [2.24, 2.45) is 0 Å². The molecule has 2 rings (SSSR count). The number of aromatic hydroxyl groups is 1. The standard InChI is InChI=1S/C11H15NO2.ClH/c1-14-10-6-2-4-8(11(10)13)9-5-3-7-12-9;/h2,4,6,9,12-13H,3,5,7H2,1H3;1H/t9-;/m1./s1. The van der Waals surface area contributed by atoms with Crippen molar-refractivity contribution in [3.8, 4) is 11.5 Å². The molecule has 3 nitrogen and oxygen atoms in total. The Bertz CT molecular complexity index is 324. The Hall–Kier alpha value is -0.930. The minimum atomic E-state index is 0. The van der Waals surface area contributed by atoms with E-state index in [1.165, 1.54) is 6.42 Å². The number of methoxy groups -OCH3 is 1. The van der Waals surface area contributed by atoms with Crippen LogP contribution in [0.1, 0.15) is 24.4 Å². The Morgan fingerprint density at radius 3 is 2.87 bits per heavy atom. The smallest absolute Gasteiger partial charge is 0.162 e. The first-order valence-corrected chi connectivity index (χ1v) is 4.92. The summed E-state index contributed by atoms with van der Waals surface area (Å²) in [4.78, 5) is 0. The number of rotatable bonds is 2. The summed E-state index contributed by atoms with van der Waals surface area (Å²) in [5.74, 6) is 0.825. The molecule has 84 valence electrons. The van der Waals surface area contributed by atoms with Gasteiger partial charge in [-0.1, -0.05) is 12.1 Å². The van der Waals surface area contributed by atoms with Crippen LogP contribution in [0.15, 0.2) is 18.2 Å². The van der Waals surface area contributed by atoms with Gasteiger partial charge in [-0.2, -0.15) is 0 Å². The normalized spacial score (nSPS) is 19.7. The third-order valence-electron chi connectivity index (χ3n) is 2.69. The number of hydrogen-bond donors (Lipinski definition) is 2. The molecule has 1 aliphatic rings. The molecule has 4 heteroatoms. The van der Waals surface area contributed by atoms with E-state index in [0.717, 1.165) is 18.5 Å². The number of nitrogens with one attached hydrogen (secondary N) is 1. The second-order valence-electron chi connectivity index (χ2n) is 3.55. The molecule has 0 spiro atoms. The van der Waals surface area contributed by atoms with Crippen molar-refractivity contribution in [3.05, 3.63) is 23.8 Å². The van der Waals surface area contributed by atoms with E-state index in [2.05, 4.69) is 5.32 Å². The maximum absolute atomic E-state index is 9.88. The van der Waals surface area contributed by atoms with Gasteiger partial charge in [0.1, 0.15) is 0 Å². The molecule has 1 saturated heterocycles. The van der Waals surface area contributed by atoms with E-state index in [9.17, 15) is 5.11 Å². The second-order valence-corrected chi connectivity index (χ2v) is 3.55.